The van der Waals surface area contributed by atoms with Gasteiger partial charge in [-0.25, -0.2) is 0 Å². The van der Waals surface area contributed by atoms with Gasteiger partial charge in [-0.1, -0.05) is 23.7 Å². The third-order valence-electron chi connectivity index (χ3n) is 3.95. The van der Waals surface area contributed by atoms with Crippen LogP contribution < -0.4 is 5.32 Å². The summed E-state index contributed by atoms with van der Waals surface area (Å²) in [7, 11) is 0. The first-order chi connectivity index (χ1) is 9.56. The van der Waals surface area contributed by atoms with Crippen LogP contribution in [0.3, 0.4) is 0 Å². The van der Waals surface area contributed by atoms with E-state index in [4.69, 9.17) is 11.6 Å². The number of hydrogen-bond acceptors (Lipinski definition) is 2. The second-order valence-electron chi connectivity index (χ2n) is 5.61. The third-order valence-corrected chi connectivity index (χ3v) is 4.20. The van der Waals surface area contributed by atoms with E-state index in [2.05, 4.69) is 5.32 Å². The average molecular weight is 293 g/mol. The van der Waals surface area contributed by atoms with Crippen LogP contribution in [0.2, 0.25) is 5.02 Å². The van der Waals surface area contributed by atoms with Crippen molar-refractivity contribution in [2.24, 2.45) is 5.92 Å². The monoisotopic (exact) mass is 292 g/mol. The van der Waals surface area contributed by atoms with E-state index in [1.54, 1.807) is 24.0 Å². The lowest BCUT2D eigenvalue weighted by Gasteiger charge is -2.38. The summed E-state index contributed by atoms with van der Waals surface area (Å²) in [5, 5.41) is 3.44. The third kappa shape index (κ3) is 2.52. The molecule has 1 saturated carbocycles. The minimum absolute atomic E-state index is 0.00329. The Hall–Kier alpha value is -1.55. The van der Waals surface area contributed by atoms with Crippen molar-refractivity contribution < 1.29 is 9.59 Å². The molecular weight excluding hydrogens is 276 g/mol. The predicted molar refractivity (Wildman–Crippen MR) is 76.1 cm³/mol. The van der Waals surface area contributed by atoms with E-state index in [0.29, 0.717) is 17.5 Å². The second kappa shape index (κ2) is 5.09. The van der Waals surface area contributed by atoms with Crippen LogP contribution in [0, 0.1) is 5.92 Å². The van der Waals surface area contributed by atoms with E-state index in [1.165, 1.54) is 0 Å². The summed E-state index contributed by atoms with van der Waals surface area (Å²) < 4.78 is 0. The van der Waals surface area contributed by atoms with Crippen molar-refractivity contribution in [1.29, 1.82) is 0 Å². The lowest BCUT2D eigenvalue weighted by atomic mass is 10.0. The standard InChI is InChI=1S/C15H17ClN2O2/c1-9-15(20)18(8-10-2-6-12(16)7-3-10)13(11-4-5-11)14(19)17-9/h2-3,6-7,9,11,13H,4-5,8H2,1H3,(H,17,19). The summed E-state index contributed by atoms with van der Waals surface area (Å²) in [5.41, 5.74) is 0.996. The van der Waals surface area contributed by atoms with Gasteiger partial charge < -0.3 is 10.2 Å². The van der Waals surface area contributed by atoms with E-state index < -0.39 is 6.04 Å². The van der Waals surface area contributed by atoms with E-state index in [9.17, 15) is 9.59 Å². The molecule has 1 aromatic carbocycles. The fourth-order valence-corrected chi connectivity index (χ4v) is 2.86. The highest BCUT2D eigenvalue weighted by Crippen LogP contribution is 2.37. The number of nitrogens with one attached hydrogen (secondary N) is 1. The normalized spacial score (nSPS) is 26.6. The molecule has 106 valence electrons. The maximum absolute atomic E-state index is 12.4. The molecule has 0 radical (unpaired) electrons. The lowest BCUT2D eigenvalue weighted by molar-refractivity contribution is -0.150. The van der Waals surface area contributed by atoms with Crippen LogP contribution in [-0.4, -0.2) is 28.8 Å². The molecule has 2 amide bonds. The maximum atomic E-state index is 12.4. The molecule has 0 aromatic heterocycles. The molecule has 0 spiro atoms. The molecule has 2 unspecified atom stereocenters. The van der Waals surface area contributed by atoms with Gasteiger partial charge in [-0.2, -0.15) is 0 Å². The van der Waals surface area contributed by atoms with Gasteiger partial charge in [-0.05, 0) is 43.4 Å². The number of amides is 2. The van der Waals surface area contributed by atoms with Crippen molar-refractivity contribution in [1.82, 2.24) is 10.2 Å². The van der Waals surface area contributed by atoms with Crippen molar-refractivity contribution in [2.45, 2.75) is 38.4 Å². The van der Waals surface area contributed by atoms with Crippen molar-refractivity contribution in [3.8, 4) is 0 Å². The summed E-state index contributed by atoms with van der Waals surface area (Å²) in [6, 6.07) is 6.66. The number of halogens is 1. The van der Waals surface area contributed by atoms with Gasteiger partial charge in [-0.15, -0.1) is 0 Å². The topological polar surface area (TPSA) is 49.4 Å². The van der Waals surface area contributed by atoms with Crippen LogP contribution in [0.4, 0.5) is 0 Å². The SMILES string of the molecule is CC1NC(=O)C(C2CC2)N(Cc2ccc(Cl)cc2)C1=O. The van der Waals surface area contributed by atoms with Crippen LogP contribution in [0.5, 0.6) is 0 Å². The lowest BCUT2D eigenvalue weighted by Crippen LogP contribution is -2.62. The first-order valence-corrected chi connectivity index (χ1v) is 7.29. The summed E-state index contributed by atoms with van der Waals surface area (Å²) in [5.74, 6) is 0.295. The van der Waals surface area contributed by atoms with Crippen molar-refractivity contribution in [2.75, 3.05) is 0 Å². The Morgan fingerprint density at radius 1 is 1.25 bits per heavy atom. The number of nitrogens with zero attached hydrogens (tertiary/aromatic N) is 1. The van der Waals surface area contributed by atoms with Gasteiger partial charge in [0, 0.05) is 11.6 Å². The molecule has 1 heterocycles. The summed E-state index contributed by atoms with van der Waals surface area (Å²) >= 11 is 5.87. The molecule has 3 rings (SSSR count). The van der Waals surface area contributed by atoms with Crippen LogP contribution in [0.15, 0.2) is 24.3 Å². The van der Waals surface area contributed by atoms with Gasteiger partial charge in [-0.3, -0.25) is 9.59 Å². The van der Waals surface area contributed by atoms with Gasteiger partial charge in [0.15, 0.2) is 0 Å². The quantitative estimate of drug-likeness (QED) is 0.926. The molecule has 5 heteroatoms. The summed E-state index contributed by atoms with van der Waals surface area (Å²) in [6.07, 6.45) is 2.05. The molecule has 1 aromatic rings. The van der Waals surface area contributed by atoms with Gasteiger partial charge >= 0.3 is 0 Å². The van der Waals surface area contributed by atoms with Gasteiger partial charge in [0.05, 0.1) is 0 Å². The number of rotatable bonds is 3. The number of benzene rings is 1. The van der Waals surface area contributed by atoms with Crippen LogP contribution >= 0.6 is 11.6 Å². The zero-order valence-corrected chi connectivity index (χ0v) is 12.1. The fraction of sp³-hybridized carbons (Fsp3) is 0.467. The largest absolute Gasteiger partial charge is 0.343 e. The minimum atomic E-state index is -0.440. The highest BCUT2D eigenvalue weighted by atomic mass is 35.5. The van der Waals surface area contributed by atoms with Crippen molar-refractivity contribution in [3.63, 3.8) is 0 Å². The zero-order valence-electron chi connectivity index (χ0n) is 11.3. The first-order valence-electron chi connectivity index (χ1n) is 6.91. The molecule has 1 saturated heterocycles. The highest BCUT2D eigenvalue weighted by Gasteiger charge is 2.46. The summed E-state index contributed by atoms with van der Waals surface area (Å²) in [4.78, 5) is 26.3. The van der Waals surface area contributed by atoms with Gasteiger partial charge in [0.25, 0.3) is 0 Å². The molecule has 1 aliphatic heterocycles. The Morgan fingerprint density at radius 3 is 2.50 bits per heavy atom. The predicted octanol–water partition coefficient (Wildman–Crippen LogP) is 1.97. The number of hydrogen-bond donors (Lipinski definition) is 1. The summed E-state index contributed by atoms with van der Waals surface area (Å²) in [6.45, 7) is 2.20. The smallest absolute Gasteiger partial charge is 0.245 e. The average Bonchev–Trinajstić information content (AvgIpc) is 3.22. The first kappa shape index (κ1) is 13.4. The molecular formula is C15H17ClN2O2. The van der Waals surface area contributed by atoms with Crippen molar-refractivity contribution >= 4 is 23.4 Å². The molecule has 2 atom stereocenters. The molecule has 1 N–H and O–H groups in total. The van der Waals surface area contributed by atoms with Crippen LogP contribution in [-0.2, 0) is 16.1 Å². The Morgan fingerprint density at radius 2 is 1.90 bits per heavy atom. The maximum Gasteiger partial charge on any atom is 0.245 e. The molecule has 2 aliphatic rings. The number of carbonyl (C=O) groups excluding carboxylic acids is 2. The number of carbonyl (C=O) groups is 2. The molecule has 20 heavy (non-hydrogen) atoms. The van der Waals surface area contributed by atoms with E-state index in [1.807, 2.05) is 12.1 Å². The minimum Gasteiger partial charge on any atom is -0.343 e. The van der Waals surface area contributed by atoms with E-state index >= 15 is 0 Å². The number of piperazine rings is 1. The molecule has 2 fully saturated rings. The zero-order chi connectivity index (χ0) is 14.3. The Kier molecular flexibility index (Phi) is 3.42. The van der Waals surface area contributed by atoms with Crippen LogP contribution in [0.25, 0.3) is 0 Å². The fourth-order valence-electron chi connectivity index (χ4n) is 2.73. The Labute approximate surface area is 123 Å². The van der Waals surface area contributed by atoms with Crippen LogP contribution in [0.1, 0.15) is 25.3 Å². The van der Waals surface area contributed by atoms with Gasteiger partial charge in [0.1, 0.15) is 12.1 Å². The Bertz CT molecular complexity index is 539. The van der Waals surface area contributed by atoms with Crippen molar-refractivity contribution in [3.05, 3.63) is 34.9 Å². The molecule has 1 aliphatic carbocycles. The Balaban J connectivity index is 1.84. The second-order valence-corrected chi connectivity index (χ2v) is 6.04. The van der Waals surface area contributed by atoms with E-state index in [0.717, 1.165) is 18.4 Å². The highest BCUT2D eigenvalue weighted by molar-refractivity contribution is 6.30. The van der Waals surface area contributed by atoms with E-state index in [-0.39, 0.29) is 17.9 Å². The molecule has 0 bridgehead atoms. The van der Waals surface area contributed by atoms with Gasteiger partial charge in [0.2, 0.25) is 11.8 Å². The molecule has 4 nitrogen and oxygen atoms in total.